The molecular formula is C23H23ClN2O4S. The van der Waals surface area contributed by atoms with Crippen LogP contribution in [-0.2, 0) is 10.0 Å². The van der Waals surface area contributed by atoms with Crippen molar-refractivity contribution < 1.29 is 17.9 Å². The van der Waals surface area contributed by atoms with Gasteiger partial charge in [-0.3, -0.25) is 4.79 Å². The number of methoxy groups -OCH3 is 1. The molecule has 0 unspecified atom stereocenters. The van der Waals surface area contributed by atoms with Crippen molar-refractivity contribution in [2.24, 2.45) is 0 Å². The zero-order valence-electron chi connectivity index (χ0n) is 17.4. The van der Waals surface area contributed by atoms with E-state index in [1.54, 1.807) is 7.11 Å². The molecule has 31 heavy (non-hydrogen) atoms. The highest BCUT2D eigenvalue weighted by molar-refractivity contribution is 7.89. The molecule has 3 aromatic rings. The summed E-state index contributed by atoms with van der Waals surface area (Å²) in [4.78, 5) is 13.0. The quantitative estimate of drug-likeness (QED) is 0.578. The summed E-state index contributed by atoms with van der Waals surface area (Å²) in [5, 5.41) is 3.06. The lowest BCUT2D eigenvalue weighted by atomic mass is 9.98. The summed E-state index contributed by atoms with van der Waals surface area (Å²) in [5.74, 6) is 0.287. The lowest BCUT2D eigenvalue weighted by Crippen LogP contribution is -2.30. The Labute approximate surface area is 187 Å². The molecule has 3 rings (SSSR count). The lowest BCUT2D eigenvalue weighted by molar-refractivity contribution is 0.0942. The Bertz CT molecular complexity index is 1160. The second-order valence-electron chi connectivity index (χ2n) is 7.02. The second-order valence-corrected chi connectivity index (χ2v) is 9.55. The van der Waals surface area contributed by atoms with Crippen LogP contribution in [0.2, 0.25) is 5.02 Å². The van der Waals surface area contributed by atoms with Gasteiger partial charge in [-0.15, -0.1) is 0 Å². The summed E-state index contributed by atoms with van der Waals surface area (Å²) in [7, 11) is 0.613. The molecule has 0 fully saturated rings. The van der Waals surface area contributed by atoms with E-state index in [9.17, 15) is 13.2 Å². The predicted molar refractivity (Wildman–Crippen MR) is 121 cm³/mol. The van der Waals surface area contributed by atoms with Crippen LogP contribution in [0.1, 0.15) is 27.5 Å². The third-order valence-corrected chi connectivity index (χ3v) is 7.11. The van der Waals surface area contributed by atoms with Crippen molar-refractivity contribution in [1.29, 1.82) is 0 Å². The van der Waals surface area contributed by atoms with Gasteiger partial charge >= 0.3 is 0 Å². The van der Waals surface area contributed by atoms with Crippen molar-refractivity contribution in [3.05, 3.63) is 94.5 Å². The Morgan fingerprint density at radius 1 is 0.968 bits per heavy atom. The zero-order valence-corrected chi connectivity index (χ0v) is 18.9. The van der Waals surface area contributed by atoms with Gasteiger partial charge in [0.15, 0.2) is 0 Å². The van der Waals surface area contributed by atoms with Gasteiger partial charge in [-0.05, 0) is 41.5 Å². The highest BCUT2D eigenvalue weighted by atomic mass is 35.5. The molecule has 0 saturated heterocycles. The van der Waals surface area contributed by atoms with Gasteiger partial charge < -0.3 is 10.1 Å². The molecule has 0 spiro atoms. The number of amides is 1. The number of nitrogens with zero attached hydrogens (tertiary/aromatic N) is 1. The maximum atomic E-state index is 13.1. The Morgan fingerprint density at radius 3 is 2.16 bits per heavy atom. The average molecular weight is 459 g/mol. The Kier molecular flexibility index (Phi) is 7.00. The number of sulfonamides is 1. The molecule has 0 aliphatic rings. The summed E-state index contributed by atoms with van der Waals surface area (Å²) < 4.78 is 31.4. The number of ether oxygens (including phenoxy) is 1. The van der Waals surface area contributed by atoms with Crippen molar-refractivity contribution in [3.8, 4) is 5.75 Å². The van der Waals surface area contributed by atoms with Crippen LogP contribution in [0.4, 0.5) is 0 Å². The van der Waals surface area contributed by atoms with Crippen LogP contribution in [0.25, 0.3) is 0 Å². The van der Waals surface area contributed by atoms with Gasteiger partial charge in [0.05, 0.1) is 18.2 Å². The molecule has 162 valence electrons. The molecular weight excluding hydrogens is 436 g/mol. The third kappa shape index (κ3) is 5.07. The number of hydrogen-bond donors (Lipinski definition) is 1. The van der Waals surface area contributed by atoms with Gasteiger partial charge in [0.1, 0.15) is 10.6 Å². The number of carbonyl (C=O) groups excluding carboxylic acids is 1. The molecule has 1 N–H and O–H groups in total. The molecule has 0 saturated carbocycles. The summed E-state index contributed by atoms with van der Waals surface area (Å²) in [6, 6.07) is 20.7. The van der Waals surface area contributed by atoms with E-state index in [0.29, 0.717) is 5.75 Å². The molecule has 0 heterocycles. The predicted octanol–water partition coefficient (Wildman–Crippen LogP) is 4.12. The normalized spacial score (nSPS) is 12.4. The van der Waals surface area contributed by atoms with Gasteiger partial charge in [-0.25, -0.2) is 12.7 Å². The van der Waals surface area contributed by atoms with Gasteiger partial charge in [-0.2, -0.15) is 0 Å². The summed E-state index contributed by atoms with van der Waals surface area (Å²) in [6.07, 6.45) is 0. The van der Waals surface area contributed by atoms with Crippen LogP contribution in [0.15, 0.2) is 77.7 Å². The zero-order chi connectivity index (χ0) is 22.6. The molecule has 0 aliphatic carbocycles. The van der Waals surface area contributed by atoms with E-state index in [2.05, 4.69) is 5.32 Å². The highest BCUT2D eigenvalue weighted by Gasteiger charge is 2.24. The van der Waals surface area contributed by atoms with E-state index in [-0.39, 0.29) is 15.5 Å². The fourth-order valence-electron chi connectivity index (χ4n) is 3.05. The van der Waals surface area contributed by atoms with Gasteiger partial charge in [-0.1, -0.05) is 54.1 Å². The van der Waals surface area contributed by atoms with Crippen LogP contribution in [-0.4, -0.2) is 39.8 Å². The van der Waals surface area contributed by atoms with E-state index in [0.717, 1.165) is 15.4 Å². The SMILES string of the molecule is COc1ccc([C@H](NC(=O)c2ccc(Cl)c(S(=O)(=O)N(C)C)c2)c2ccccc2)cc1. The standard InChI is InChI=1S/C23H23ClN2O4S/c1-26(2)31(28,29)21-15-18(11-14-20(21)24)23(27)25-22(16-7-5-4-6-8-16)17-9-12-19(30-3)13-10-17/h4-15,22H,1-3H3,(H,25,27)/t22-/m1/s1. The maximum Gasteiger partial charge on any atom is 0.252 e. The molecule has 0 bridgehead atoms. The van der Waals surface area contributed by atoms with Gasteiger partial charge in [0.2, 0.25) is 10.0 Å². The Morgan fingerprint density at radius 2 is 1.58 bits per heavy atom. The minimum atomic E-state index is -3.80. The van der Waals surface area contributed by atoms with Gasteiger partial charge in [0, 0.05) is 19.7 Å². The number of halogens is 1. The highest BCUT2D eigenvalue weighted by Crippen LogP contribution is 2.27. The largest absolute Gasteiger partial charge is 0.497 e. The van der Waals surface area contributed by atoms with Crippen LogP contribution >= 0.6 is 11.6 Å². The Hall–Kier alpha value is -2.87. The van der Waals surface area contributed by atoms with Crippen molar-refractivity contribution >= 4 is 27.5 Å². The van der Waals surface area contributed by atoms with Gasteiger partial charge in [0.25, 0.3) is 5.91 Å². The number of nitrogens with one attached hydrogen (secondary N) is 1. The first-order chi connectivity index (χ1) is 14.7. The third-order valence-electron chi connectivity index (χ3n) is 4.81. The molecule has 1 amide bonds. The first-order valence-corrected chi connectivity index (χ1v) is 11.3. The molecule has 0 aliphatic heterocycles. The Balaban J connectivity index is 1.98. The van der Waals surface area contributed by atoms with E-state index < -0.39 is 22.0 Å². The second kappa shape index (κ2) is 9.51. The molecule has 8 heteroatoms. The van der Waals surface area contributed by atoms with Crippen LogP contribution in [0, 0.1) is 0 Å². The van der Waals surface area contributed by atoms with E-state index >= 15 is 0 Å². The molecule has 6 nitrogen and oxygen atoms in total. The summed E-state index contributed by atoms with van der Waals surface area (Å²) in [5.41, 5.74) is 1.94. The number of carbonyl (C=O) groups is 1. The van der Waals surface area contributed by atoms with Crippen molar-refractivity contribution in [2.45, 2.75) is 10.9 Å². The smallest absolute Gasteiger partial charge is 0.252 e. The average Bonchev–Trinajstić information content (AvgIpc) is 2.78. The first-order valence-electron chi connectivity index (χ1n) is 9.46. The van der Waals surface area contributed by atoms with Crippen molar-refractivity contribution in [1.82, 2.24) is 9.62 Å². The molecule has 1 atom stereocenters. The fourth-order valence-corrected chi connectivity index (χ4v) is 4.45. The summed E-state index contributed by atoms with van der Waals surface area (Å²) in [6.45, 7) is 0. The maximum absolute atomic E-state index is 13.1. The number of hydrogen-bond acceptors (Lipinski definition) is 4. The number of benzene rings is 3. The monoisotopic (exact) mass is 458 g/mol. The van der Waals surface area contributed by atoms with Crippen molar-refractivity contribution in [2.75, 3.05) is 21.2 Å². The fraction of sp³-hybridized carbons (Fsp3) is 0.174. The minimum Gasteiger partial charge on any atom is -0.497 e. The summed E-state index contributed by atoms with van der Waals surface area (Å²) >= 11 is 6.11. The van der Waals surface area contributed by atoms with Crippen LogP contribution < -0.4 is 10.1 Å². The molecule has 0 aromatic heterocycles. The van der Waals surface area contributed by atoms with Crippen LogP contribution in [0.3, 0.4) is 0 Å². The minimum absolute atomic E-state index is 0.0556. The van der Waals surface area contributed by atoms with Crippen molar-refractivity contribution in [3.63, 3.8) is 0 Å². The molecule has 0 radical (unpaired) electrons. The van der Waals surface area contributed by atoms with E-state index in [1.165, 1.54) is 32.3 Å². The lowest BCUT2D eigenvalue weighted by Gasteiger charge is -2.21. The molecule has 3 aromatic carbocycles. The topological polar surface area (TPSA) is 75.7 Å². The van der Waals surface area contributed by atoms with E-state index in [1.807, 2.05) is 54.6 Å². The van der Waals surface area contributed by atoms with E-state index in [4.69, 9.17) is 16.3 Å². The van der Waals surface area contributed by atoms with Crippen LogP contribution in [0.5, 0.6) is 5.75 Å². The number of rotatable bonds is 7. The first kappa shape index (κ1) is 22.8.